The number of aromatic nitrogens is 2. The second-order valence-corrected chi connectivity index (χ2v) is 7.23. The van der Waals surface area contributed by atoms with Gasteiger partial charge in [0, 0.05) is 36.2 Å². The number of carbonyl (C=O) groups excluding carboxylic acids is 1. The van der Waals surface area contributed by atoms with Crippen LogP contribution in [0.5, 0.6) is 0 Å². The molecule has 1 aliphatic rings. The van der Waals surface area contributed by atoms with Crippen molar-refractivity contribution in [2.75, 3.05) is 48.4 Å². The molecule has 4 rings (SSSR count). The van der Waals surface area contributed by atoms with Gasteiger partial charge in [-0.3, -0.25) is 4.79 Å². The molecule has 0 unspecified atom stereocenters. The maximum absolute atomic E-state index is 11.0. The number of primary amides is 1. The summed E-state index contributed by atoms with van der Waals surface area (Å²) >= 11 is 0. The molecule has 0 bridgehead atoms. The molecule has 2 heterocycles. The molecule has 0 spiro atoms. The first-order chi connectivity index (χ1) is 15.6. The van der Waals surface area contributed by atoms with E-state index in [-0.39, 0.29) is 6.54 Å². The van der Waals surface area contributed by atoms with E-state index in [1.807, 2.05) is 18.2 Å². The topological polar surface area (TPSA) is 129 Å². The highest BCUT2D eigenvalue weighted by Crippen LogP contribution is 2.25. The van der Waals surface area contributed by atoms with Gasteiger partial charge in [0.25, 0.3) is 0 Å². The van der Waals surface area contributed by atoms with E-state index in [0.717, 1.165) is 43.2 Å². The van der Waals surface area contributed by atoms with E-state index in [9.17, 15) is 10.1 Å². The molecule has 3 aromatic rings. The van der Waals surface area contributed by atoms with Crippen LogP contribution in [0.3, 0.4) is 0 Å². The minimum Gasteiger partial charge on any atom is -0.378 e. The molecule has 1 fully saturated rings. The number of rotatable bonds is 7. The lowest BCUT2D eigenvalue weighted by atomic mass is 10.1. The number of hydrogen-bond donors (Lipinski definition) is 3. The molecule has 0 aliphatic carbocycles. The summed E-state index contributed by atoms with van der Waals surface area (Å²) in [5, 5.41) is 15.5. The molecule has 4 N–H and O–H groups in total. The summed E-state index contributed by atoms with van der Waals surface area (Å²) in [6.45, 7) is 3.23. The smallest absolute Gasteiger partial charge is 0.236 e. The Morgan fingerprint density at radius 1 is 1.16 bits per heavy atom. The number of benzene rings is 2. The predicted molar refractivity (Wildman–Crippen MR) is 123 cm³/mol. The average Bonchev–Trinajstić information content (AvgIpc) is 2.84. The van der Waals surface area contributed by atoms with Crippen molar-refractivity contribution in [3.63, 3.8) is 0 Å². The van der Waals surface area contributed by atoms with Crippen molar-refractivity contribution in [3.05, 3.63) is 60.3 Å². The Kier molecular flexibility index (Phi) is 6.43. The van der Waals surface area contributed by atoms with Gasteiger partial charge >= 0.3 is 0 Å². The molecule has 162 valence electrons. The molecule has 9 heteroatoms. The lowest BCUT2D eigenvalue weighted by molar-refractivity contribution is -0.116. The number of nitrogens with zero attached hydrogens (tertiary/aromatic N) is 4. The zero-order valence-electron chi connectivity index (χ0n) is 17.4. The van der Waals surface area contributed by atoms with Crippen molar-refractivity contribution in [2.45, 2.75) is 0 Å². The van der Waals surface area contributed by atoms with Crippen LogP contribution in [0.1, 0.15) is 5.56 Å². The molecule has 2 aromatic carbocycles. The standard InChI is InChI=1S/C23H23N7O2/c24-14-17-13-16(1-6-20(17)27-15-22(25)31)21-7-8-26-23(29-21)28-18-2-4-19(5-3-18)30-9-11-32-12-10-30/h1-8,13,27H,9-12,15H2,(H2,25,31)(H,26,28,29). The highest BCUT2D eigenvalue weighted by Gasteiger charge is 2.11. The fourth-order valence-electron chi connectivity index (χ4n) is 3.42. The van der Waals surface area contributed by atoms with Gasteiger partial charge in [0.15, 0.2) is 0 Å². The van der Waals surface area contributed by atoms with E-state index >= 15 is 0 Å². The van der Waals surface area contributed by atoms with Crippen molar-refractivity contribution < 1.29 is 9.53 Å². The third kappa shape index (κ3) is 5.11. The Bertz CT molecular complexity index is 1140. The Balaban J connectivity index is 1.49. The summed E-state index contributed by atoms with van der Waals surface area (Å²) in [4.78, 5) is 22.2. The van der Waals surface area contributed by atoms with Gasteiger partial charge in [-0.25, -0.2) is 9.97 Å². The number of anilines is 4. The number of morpholine rings is 1. The lowest BCUT2D eigenvalue weighted by Gasteiger charge is -2.28. The van der Waals surface area contributed by atoms with E-state index in [2.05, 4.69) is 43.7 Å². The molecule has 0 radical (unpaired) electrons. The number of nitrogens with one attached hydrogen (secondary N) is 2. The van der Waals surface area contributed by atoms with Crippen LogP contribution in [0, 0.1) is 11.3 Å². The predicted octanol–water partition coefficient (Wildman–Crippen LogP) is 2.49. The zero-order valence-corrected chi connectivity index (χ0v) is 17.4. The number of amides is 1. The quantitative estimate of drug-likeness (QED) is 0.522. The SMILES string of the molecule is N#Cc1cc(-c2ccnc(Nc3ccc(N4CCOCC4)cc3)n2)ccc1NCC(N)=O. The zero-order chi connectivity index (χ0) is 22.3. The molecule has 32 heavy (non-hydrogen) atoms. The van der Waals surface area contributed by atoms with Crippen LogP contribution >= 0.6 is 0 Å². The lowest BCUT2D eigenvalue weighted by Crippen LogP contribution is -2.36. The number of carbonyl (C=O) groups is 1. The van der Waals surface area contributed by atoms with Crippen molar-refractivity contribution in [1.29, 1.82) is 5.26 Å². The minimum absolute atomic E-state index is 0.0417. The van der Waals surface area contributed by atoms with E-state index in [4.69, 9.17) is 10.5 Å². The van der Waals surface area contributed by atoms with Gasteiger partial charge in [0.2, 0.25) is 11.9 Å². The van der Waals surface area contributed by atoms with Crippen LogP contribution in [0.2, 0.25) is 0 Å². The van der Waals surface area contributed by atoms with Crippen LogP contribution < -0.4 is 21.3 Å². The molecule has 1 aliphatic heterocycles. The molecular formula is C23H23N7O2. The van der Waals surface area contributed by atoms with Crippen molar-refractivity contribution in [3.8, 4) is 17.3 Å². The van der Waals surface area contributed by atoms with Crippen LogP contribution in [0.25, 0.3) is 11.3 Å². The molecule has 0 saturated carbocycles. The van der Waals surface area contributed by atoms with Crippen LogP contribution in [-0.2, 0) is 9.53 Å². The van der Waals surface area contributed by atoms with E-state index in [1.165, 1.54) is 0 Å². The van der Waals surface area contributed by atoms with Crippen LogP contribution in [0.15, 0.2) is 54.7 Å². The first kappa shape index (κ1) is 21.1. The fraction of sp³-hybridized carbons (Fsp3) is 0.217. The molecule has 0 atom stereocenters. The maximum atomic E-state index is 11.0. The highest BCUT2D eigenvalue weighted by atomic mass is 16.5. The Labute approximate surface area is 185 Å². The maximum Gasteiger partial charge on any atom is 0.236 e. The van der Waals surface area contributed by atoms with Gasteiger partial charge in [-0.15, -0.1) is 0 Å². The van der Waals surface area contributed by atoms with Gasteiger partial charge < -0.3 is 26.0 Å². The van der Waals surface area contributed by atoms with Crippen molar-refractivity contribution >= 4 is 28.9 Å². The van der Waals surface area contributed by atoms with Crippen LogP contribution in [-0.4, -0.2) is 48.7 Å². The van der Waals surface area contributed by atoms with E-state index < -0.39 is 5.91 Å². The molecule has 9 nitrogen and oxygen atoms in total. The highest BCUT2D eigenvalue weighted by molar-refractivity contribution is 5.80. The fourth-order valence-corrected chi connectivity index (χ4v) is 3.42. The van der Waals surface area contributed by atoms with Crippen molar-refractivity contribution in [2.24, 2.45) is 5.73 Å². The Hall–Kier alpha value is -4.16. The monoisotopic (exact) mass is 429 g/mol. The van der Waals surface area contributed by atoms with Gasteiger partial charge in [0.1, 0.15) is 6.07 Å². The Morgan fingerprint density at radius 2 is 1.94 bits per heavy atom. The normalized spacial score (nSPS) is 13.3. The largest absolute Gasteiger partial charge is 0.378 e. The second kappa shape index (κ2) is 9.76. The number of hydrogen-bond acceptors (Lipinski definition) is 8. The third-order valence-corrected chi connectivity index (χ3v) is 5.04. The third-order valence-electron chi connectivity index (χ3n) is 5.04. The van der Waals surface area contributed by atoms with E-state index in [1.54, 1.807) is 24.4 Å². The second-order valence-electron chi connectivity index (χ2n) is 7.23. The average molecular weight is 429 g/mol. The van der Waals surface area contributed by atoms with Gasteiger partial charge in [-0.05, 0) is 42.5 Å². The summed E-state index contributed by atoms with van der Waals surface area (Å²) in [7, 11) is 0. The van der Waals surface area contributed by atoms with Gasteiger partial charge in [0.05, 0.1) is 36.7 Å². The first-order valence-electron chi connectivity index (χ1n) is 10.2. The molecule has 1 saturated heterocycles. The summed E-state index contributed by atoms with van der Waals surface area (Å²) in [5.41, 5.74) is 9.57. The summed E-state index contributed by atoms with van der Waals surface area (Å²) in [6.07, 6.45) is 1.66. The number of ether oxygens (including phenoxy) is 1. The van der Waals surface area contributed by atoms with Gasteiger partial charge in [-0.2, -0.15) is 5.26 Å². The Morgan fingerprint density at radius 3 is 2.66 bits per heavy atom. The number of nitrogens with two attached hydrogens (primary N) is 1. The number of nitriles is 1. The van der Waals surface area contributed by atoms with E-state index in [0.29, 0.717) is 22.9 Å². The summed E-state index contributed by atoms with van der Waals surface area (Å²) in [6, 6.07) is 17.3. The summed E-state index contributed by atoms with van der Waals surface area (Å²) in [5.74, 6) is -0.0430. The summed E-state index contributed by atoms with van der Waals surface area (Å²) < 4.78 is 5.40. The molecule has 1 amide bonds. The van der Waals surface area contributed by atoms with Crippen molar-refractivity contribution in [1.82, 2.24) is 9.97 Å². The van der Waals surface area contributed by atoms with Crippen LogP contribution in [0.4, 0.5) is 23.0 Å². The minimum atomic E-state index is -0.498. The molecule has 1 aromatic heterocycles. The van der Waals surface area contributed by atoms with Gasteiger partial charge in [-0.1, -0.05) is 6.07 Å². The first-order valence-corrected chi connectivity index (χ1v) is 10.2. The molecular weight excluding hydrogens is 406 g/mol.